The van der Waals surface area contributed by atoms with Gasteiger partial charge in [0.25, 0.3) is 0 Å². The first-order chi connectivity index (χ1) is 6.18. The molecule has 0 aromatic heterocycles. The predicted molar refractivity (Wildman–Crippen MR) is 49.8 cm³/mol. The van der Waals surface area contributed by atoms with Gasteiger partial charge in [-0.25, -0.2) is 4.79 Å². The maximum Gasteiger partial charge on any atom is 0.337 e. The second kappa shape index (κ2) is 2.76. The Bertz CT molecular complexity index is 356. The van der Waals surface area contributed by atoms with Crippen molar-refractivity contribution in [1.82, 2.24) is 0 Å². The summed E-state index contributed by atoms with van der Waals surface area (Å²) in [6.07, 6.45) is 2.40. The van der Waals surface area contributed by atoms with Crippen molar-refractivity contribution in [2.75, 3.05) is 5.73 Å². The number of anilines is 1. The molecule has 0 radical (unpaired) electrons. The van der Waals surface area contributed by atoms with E-state index in [2.05, 4.69) is 0 Å². The average molecular weight is 177 g/mol. The third kappa shape index (κ3) is 1.49. The Balaban J connectivity index is 2.36. The van der Waals surface area contributed by atoms with Gasteiger partial charge in [-0.05, 0) is 36.5 Å². The molecule has 0 atom stereocenters. The van der Waals surface area contributed by atoms with E-state index in [1.807, 2.05) is 6.07 Å². The van der Waals surface area contributed by atoms with Gasteiger partial charge in [0.15, 0.2) is 0 Å². The highest BCUT2D eigenvalue weighted by Crippen LogP contribution is 2.40. The van der Waals surface area contributed by atoms with Gasteiger partial charge >= 0.3 is 5.97 Å². The van der Waals surface area contributed by atoms with Gasteiger partial charge in [-0.3, -0.25) is 0 Å². The zero-order valence-electron chi connectivity index (χ0n) is 7.16. The summed E-state index contributed by atoms with van der Waals surface area (Å²) >= 11 is 0. The molecule has 1 aliphatic rings. The van der Waals surface area contributed by atoms with Gasteiger partial charge in [-0.1, -0.05) is 6.07 Å². The number of carboxylic acid groups (broad SMARTS) is 1. The van der Waals surface area contributed by atoms with E-state index in [-0.39, 0.29) is 5.56 Å². The summed E-state index contributed by atoms with van der Waals surface area (Å²) < 4.78 is 0. The Hall–Kier alpha value is -1.51. The minimum Gasteiger partial charge on any atom is -0.478 e. The molecule has 1 aromatic rings. The lowest BCUT2D eigenvalue weighted by molar-refractivity contribution is 0.0698. The number of carbonyl (C=O) groups is 1. The lowest BCUT2D eigenvalue weighted by Gasteiger charge is -2.03. The Morgan fingerprint density at radius 1 is 1.46 bits per heavy atom. The Kier molecular flexibility index (Phi) is 1.72. The fourth-order valence-electron chi connectivity index (χ4n) is 1.45. The topological polar surface area (TPSA) is 63.3 Å². The van der Waals surface area contributed by atoms with Crippen LogP contribution in [0.3, 0.4) is 0 Å². The fraction of sp³-hybridized carbons (Fsp3) is 0.300. The molecule has 0 unspecified atom stereocenters. The van der Waals surface area contributed by atoms with Crippen LogP contribution in [0, 0.1) is 0 Å². The van der Waals surface area contributed by atoms with Crippen LogP contribution in [0.15, 0.2) is 18.2 Å². The van der Waals surface area contributed by atoms with Crippen molar-refractivity contribution in [3.8, 4) is 0 Å². The normalized spacial score (nSPS) is 15.7. The van der Waals surface area contributed by atoms with Crippen molar-refractivity contribution in [2.45, 2.75) is 18.8 Å². The Labute approximate surface area is 76.2 Å². The largest absolute Gasteiger partial charge is 0.478 e. The number of nitrogen functional groups attached to an aromatic ring is 1. The van der Waals surface area contributed by atoms with Crippen LogP contribution in [0.25, 0.3) is 0 Å². The average Bonchev–Trinajstić information content (AvgIpc) is 2.85. The molecule has 3 N–H and O–H groups in total. The van der Waals surface area contributed by atoms with Crippen molar-refractivity contribution in [3.05, 3.63) is 29.3 Å². The van der Waals surface area contributed by atoms with E-state index in [9.17, 15) is 4.79 Å². The van der Waals surface area contributed by atoms with Gasteiger partial charge in [-0.15, -0.1) is 0 Å². The highest BCUT2D eigenvalue weighted by atomic mass is 16.4. The Morgan fingerprint density at radius 3 is 2.62 bits per heavy atom. The number of hydrogen-bond acceptors (Lipinski definition) is 2. The molecule has 0 amide bonds. The zero-order valence-corrected chi connectivity index (χ0v) is 7.16. The first-order valence-corrected chi connectivity index (χ1v) is 4.31. The molecule has 1 fully saturated rings. The monoisotopic (exact) mass is 177 g/mol. The van der Waals surface area contributed by atoms with Crippen LogP contribution < -0.4 is 5.73 Å². The lowest BCUT2D eigenvalue weighted by atomic mass is 10.1. The molecule has 68 valence electrons. The van der Waals surface area contributed by atoms with Crippen molar-refractivity contribution in [2.24, 2.45) is 0 Å². The molecule has 1 aromatic carbocycles. The van der Waals surface area contributed by atoms with Crippen molar-refractivity contribution in [1.29, 1.82) is 0 Å². The number of benzene rings is 1. The van der Waals surface area contributed by atoms with Crippen LogP contribution in [0.4, 0.5) is 5.69 Å². The van der Waals surface area contributed by atoms with Crippen LogP contribution in [0.2, 0.25) is 0 Å². The molecule has 13 heavy (non-hydrogen) atoms. The molecular weight excluding hydrogens is 166 g/mol. The summed E-state index contributed by atoms with van der Waals surface area (Å²) in [5, 5.41) is 8.73. The quantitative estimate of drug-likeness (QED) is 0.677. The van der Waals surface area contributed by atoms with E-state index in [0.29, 0.717) is 11.6 Å². The maximum absolute atomic E-state index is 10.6. The van der Waals surface area contributed by atoms with E-state index in [0.717, 1.165) is 0 Å². The van der Waals surface area contributed by atoms with Gasteiger partial charge < -0.3 is 10.8 Å². The molecule has 0 spiro atoms. The molecule has 1 saturated carbocycles. The standard InChI is InChI=1S/C10H11NO2/c11-9-5-7(6-1-2-6)3-4-8(9)10(12)13/h3-6H,1-2,11H2,(H,12,13). The van der Waals surface area contributed by atoms with E-state index in [1.165, 1.54) is 18.4 Å². The van der Waals surface area contributed by atoms with Crippen LogP contribution in [0.1, 0.15) is 34.7 Å². The maximum atomic E-state index is 10.6. The number of carboxylic acids is 1. The first kappa shape index (κ1) is 8.10. The number of nitrogens with two attached hydrogens (primary N) is 1. The van der Waals surface area contributed by atoms with E-state index in [1.54, 1.807) is 12.1 Å². The molecule has 0 aliphatic heterocycles. The highest BCUT2D eigenvalue weighted by Gasteiger charge is 2.24. The molecule has 0 saturated heterocycles. The summed E-state index contributed by atoms with van der Waals surface area (Å²) in [7, 11) is 0. The number of rotatable bonds is 2. The van der Waals surface area contributed by atoms with E-state index in [4.69, 9.17) is 10.8 Å². The molecule has 2 rings (SSSR count). The second-order valence-electron chi connectivity index (χ2n) is 3.43. The van der Waals surface area contributed by atoms with Gasteiger partial charge in [0.1, 0.15) is 0 Å². The van der Waals surface area contributed by atoms with Crippen molar-refractivity contribution in [3.63, 3.8) is 0 Å². The fourth-order valence-corrected chi connectivity index (χ4v) is 1.45. The molecular formula is C10H11NO2. The van der Waals surface area contributed by atoms with E-state index >= 15 is 0 Å². The van der Waals surface area contributed by atoms with Gasteiger partial charge in [0.05, 0.1) is 5.56 Å². The summed E-state index contributed by atoms with van der Waals surface area (Å²) in [6.45, 7) is 0. The van der Waals surface area contributed by atoms with Crippen molar-refractivity contribution >= 4 is 11.7 Å². The van der Waals surface area contributed by atoms with Gasteiger partial charge in [0, 0.05) is 5.69 Å². The van der Waals surface area contributed by atoms with Gasteiger partial charge in [0.2, 0.25) is 0 Å². The van der Waals surface area contributed by atoms with Crippen LogP contribution in [0.5, 0.6) is 0 Å². The van der Waals surface area contributed by atoms with Crippen LogP contribution in [-0.2, 0) is 0 Å². The summed E-state index contributed by atoms with van der Waals surface area (Å²) in [5.74, 6) is -0.343. The van der Waals surface area contributed by atoms with Gasteiger partial charge in [-0.2, -0.15) is 0 Å². The highest BCUT2D eigenvalue weighted by molar-refractivity contribution is 5.93. The smallest absolute Gasteiger partial charge is 0.337 e. The minimum atomic E-state index is -0.958. The molecule has 0 bridgehead atoms. The third-order valence-electron chi connectivity index (χ3n) is 2.35. The van der Waals surface area contributed by atoms with E-state index < -0.39 is 5.97 Å². The minimum absolute atomic E-state index is 0.199. The zero-order chi connectivity index (χ0) is 9.42. The lowest BCUT2D eigenvalue weighted by Crippen LogP contribution is -2.02. The van der Waals surface area contributed by atoms with Crippen LogP contribution >= 0.6 is 0 Å². The first-order valence-electron chi connectivity index (χ1n) is 4.31. The predicted octanol–water partition coefficient (Wildman–Crippen LogP) is 1.84. The molecule has 3 nitrogen and oxygen atoms in total. The second-order valence-corrected chi connectivity index (χ2v) is 3.43. The molecule has 0 heterocycles. The SMILES string of the molecule is Nc1cc(C2CC2)ccc1C(=O)O. The number of hydrogen-bond donors (Lipinski definition) is 2. The third-order valence-corrected chi connectivity index (χ3v) is 2.35. The van der Waals surface area contributed by atoms with Crippen LogP contribution in [-0.4, -0.2) is 11.1 Å². The summed E-state index contributed by atoms with van der Waals surface area (Å²) in [6, 6.07) is 5.23. The molecule has 3 heteroatoms. The molecule has 1 aliphatic carbocycles. The number of aromatic carboxylic acids is 1. The summed E-state index contributed by atoms with van der Waals surface area (Å²) in [5.41, 5.74) is 7.35. The Morgan fingerprint density at radius 2 is 2.15 bits per heavy atom. The summed E-state index contributed by atoms with van der Waals surface area (Å²) in [4.78, 5) is 10.6. The van der Waals surface area contributed by atoms with Crippen molar-refractivity contribution < 1.29 is 9.90 Å².